The second-order valence-electron chi connectivity index (χ2n) is 8.12. The third kappa shape index (κ3) is 3.49. The van der Waals surface area contributed by atoms with Gasteiger partial charge in [-0.1, -0.05) is 12.1 Å². The van der Waals surface area contributed by atoms with Crippen molar-refractivity contribution in [2.45, 2.75) is 38.5 Å². The Balaban J connectivity index is 1.30. The Morgan fingerprint density at radius 2 is 1.30 bits per heavy atom. The van der Waals surface area contributed by atoms with Crippen LogP contribution in [0, 0.1) is 0 Å². The van der Waals surface area contributed by atoms with Crippen molar-refractivity contribution in [3.8, 4) is 0 Å². The van der Waals surface area contributed by atoms with Gasteiger partial charge in [0, 0.05) is 24.5 Å². The predicted molar refractivity (Wildman–Crippen MR) is 116 cm³/mol. The van der Waals surface area contributed by atoms with Crippen LogP contribution < -0.4 is 10.6 Å². The summed E-state index contributed by atoms with van der Waals surface area (Å²) in [6.45, 7) is 0. The van der Waals surface area contributed by atoms with E-state index < -0.39 is 0 Å². The second-order valence-corrected chi connectivity index (χ2v) is 8.12. The van der Waals surface area contributed by atoms with Crippen LogP contribution in [-0.2, 0) is 32.7 Å². The number of nitrogens with one attached hydrogen (secondary N) is 2. The summed E-state index contributed by atoms with van der Waals surface area (Å²) in [5.41, 5.74) is 7.40. The molecule has 6 heteroatoms. The maximum absolute atomic E-state index is 12.8. The van der Waals surface area contributed by atoms with Gasteiger partial charge < -0.3 is 10.6 Å². The summed E-state index contributed by atoms with van der Waals surface area (Å²) in [7, 11) is 1.67. The number of hydrogen-bond acceptors (Lipinski definition) is 3. The molecule has 2 N–H and O–H groups in total. The molecule has 0 aliphatic heterocycles. The minimum atomic E-state index is -0.319. The van der Waals surface area contributed by atoms with Gasteiger partial charge in [0.1, 0.15) is 5.69 Å². The molecule has 0 spiro atoms. The Kier molecular flexibility index (Phi) is 4.62. The first-order chi connectivity index (χ1) is 14.6. The van der Waals surface area contributed by atoms with Crippen LogP contribution in [-0.4, -0.2) is 21.6 Å². The number of fused-ring (bicyclic) bond motifs is 2. The molecule has 0 bridgehead atoms. The van der Waals surface area contributed by atoms with Crippen LogP contribution >= 0.6 is 0 Å². The van der Waals surface area contributed by atoms with Gasteiger partial charge in [0.25, 0.3) is 11.8 Å². The lowest BCUT2D eigenvalue weighted by molar-refractivity contribution is 0.101. The van der Waals surface area contributed by atoms with Crippen molar-refractivity contribution in [3.63, 3.8) is 0 Å². The number of aryl methyl sites for hydroxylation is 5. The summed E-state index contributed by atoms with van der Waals surface area (Å²) in [6.07, 6.45) is 6.64. The Labute approximate surface area is 175 Å². The average Bonchev–Trinajstić information content (AvgIpc) is 3.46. The van der Waals surface area contributed by atoms with E-state index in [-0.39, 0.29) is 17.5 Å². The third-order valence-corrected chi connectivity index (χ3v) is 6.06. The molecule has 0 unspecified atom stereocenters. The van der Waals surface area contributed by atoms with Gasteiger partial charge in [0.05, 0.1) is 0 Å². The molecule has 2 aliphatic rings. The van der Waals surface area contributed by atoms with E-state index in [1.54, 1.807) is 7.05 Å². The lowest BCUT2D eigenvalue weighted by Gasteiger charge is -2.07. The molecule has 1 heterocycles. The zero-order chi connectivity index (χ0) is 20.7. The standard InChI is InChI=1S/C24H24N4O2/c1-28-22(24(30)26-20-11-9-16-5-3-7-18(16)13-20)14-21(27-28)23(29)25-19-10-8-15-4-2-6-17(15)12-19/h8-14H,2-7H2,1H3,(H,25,29)(H,26,30). The van der Waals surface area contributed by atoms with Crippen molar-refractivity contribution in [3.05, 3.63) is 76.1 Å². The van der Waals surface area contributed by atoms with E-state index in [2.05, 4.69) is 27.9 Å². The first-order valence-corrected chi connectivity index (χ1v) is 10.5. The number of nitrogens with zero attached hydrogens (tertiary/aromatic N) is 2. The van der Waals surface area contributed by atoms with Gasteiger partial charge in [-0.15, -0.1) is 0 Å². The van der Waals surface area contributed by atoms with Crippen molar-refractivity contribution in [2.75, 3.05) is 10.6 Å². The maximum Gasteiger partial charge on any atom is 0.276 e. The van der Waals surface area contributed by atoms with Crippen molar-refractivity contribution in [1.82, 2.24) is 9.78 Å². The van der Waals surface area contributed by atoms with Crippen molar-refractivity contribution >= 4 is 23.2 Å². The monoisotopic (exact) mass is 400 g/mol. The molecule has 0 atom stereocenters. The minimum absolute atomic E-state index is 0.220. The molecule has 6 nitrogen and oxygen atoms in total. The normalized spacial score (nSPS) is 14.3. The first-order valence-electron chi connectivity index (χ1n) is 10.5. The van der Waals surface area contributed by atoms with Crippen molar-refractivity contribution < 1.29 is 9.59 Å². The molecule has 0 saturated heterocycles. The number of benzene rings is 2. The molecule has 2 amide bonds. The molecule has 0 radical (unpaired) electrons. The van der Waals surface area contributed by atoms with E-state index in [4.69, 9.17) is 0 Å². The van der Waals surface area contributed by atoms with Crippen LogP contribution in [0.4, 0.5) is 11.4 Å². The lowest BCUT2D eigenvalue weighted by Crippen LogP contribution is -2.16. The molecule has 0 saturated carbocycles. The summed E-state index contributed by atoms with van der Waals surface area (Å²) in [4.78, 5) is 25.4. The highest BCUT2D eigenvalue weighted by Crippen LogP contribution is 2.26. The van der Waals surface area contributed by atoms with Crippen LogP contribution in [0.1, 0.15) is 56.1 Å². The highest BCUT2D eigenvalue weighted by atomic mass is 16.2. The number of hydrogen-bond donors (Lipinski definition) is 2. The number of amides is 2. The summed E-state index contributed by atoms with van der Waals surface area (Å²) in [6, 6.07) is 13.6. The number of carbonyl (C=O) groups is 2. The predicted octanol–water partition coefficient (Wildman–Crippen LogP) is 3.90. The second kappa shape index (κ2) is 7.44. The molecule has 3 aromatic rings. The number of carbonyl (C=O) groups excluding carboxylic acids is 2. The highest BCUT2D eigenvalue weighted by molar-refractivity contribution is 6.07. The van der Waals surface area contributed by atoms with Gasteiger partial charge in [-0.2, -0.15) is 5.10 Å². The third-order valence-electron chi connectivity index (χ3n) is 6.06. The van der Waals surface area contributed by atoms with Gasteiger partial charge in [0.2, 0.25) is 0 Å². The lowest BCUT2D eigenvalue weighted by atomic mass is 10.1. The zero-order valence-electron chi connectivity index (χ0n) is 17.0. The fourth-order valence-electron chi connectivity index (χ4n) is 4.48. The van der Waals surface area contributed by atoms with Crippen LogP contribution in [0.15, 0.2) is 42.5 Å². The van der Waals surface area contributed by atoms with Crippen LogP contribution in [0.5, 0.6) is 0 Å². The Morgan fingerprint density at radius 1 is 0.767 bits per heavy atom. The Bertz CT molecular complexity index is 1160. The molecule has 2 aromatic carbocycles. The zero-order valence-corrected chi connectivity index (χ0v) is 17.0. The summed E-state index contributed by atoms with van der Waals surface area (Å²) in [5.74, 6) is -0.598. The Hall–Kier alpha value is -3.41. The molecule has 152 valence electrons. The van der Waals surface area contributed by atoms with Crippen molar-refractivity contribution in [2.24, 2.45) is 7.05 Å². The van der Waals surface area contributed by atoms with E-state index >= 15 is 0 Å². The molecule has 30 heavy (non-hydrogen) atoms. The van der Waals surface area contributed by atoms with Gasteiger partial charge >= 0.3 is 0 Å². The van der Waals surface area contributed by atoms with E-state index in [0.717, 1.165) is 49.9 Å². The van der Waals surface area contributed by atoms with E-state index in [1.807, 2.05) is 24.3 Å². The number of anilines is 2. The molecule has 0 fully saturated rings. The summed E-state index contributed by atoms with van der Waals surface area (Å²) >= 11 is 0. The van der Waals surface area contributed by atoms with Crippen LogP contribution in [0.25, 0.3) is 0 Å². The molecular weight excluding hydrogens is 376 g/mol. The largest absolute Gasteiger partial charge is 0.321 e. The minimum Gasteiger partial charge on any atom is -0.321 e. The first kappa shape index (κ1) is 18.6. The van der Waals surface area contributed by atoms with Gasteiger partial charge in [-0.25, -0.2) is 0 Å². The summed E-state index contributed by atoms with van der Waals surface area (Å²) < 4.78 is 1.44. The maximum atomic E-state index is 12.8. The van der Waals surface area contributed by atoms with E-state index in [0.29, 0.717) is 5.69 Å². The summed E-state index contributed by atoms with van der Waals surface area (Å²) in [5, 5.41) is 10.1. The SMILES string of the molecule is Cn1nc(C(=O)Nc2ccc3c(c2)CCC3)cc1C(=O)Nc1ccc2c(c1)CCC2. The number of aromatic nitrogens is 2. The molecule has 1 aromatic heterocycles. The smallest absolute Gasteiger partial charge is 0.276 e. The van der Waals surface area contributed by atoms with Crippen LogP contribution in [0.3, 0.4) is 0 Å². The molecule has 2 aliphatic carbocycles. The van der Waals surface area contributed by atoms with Crippen molar-refractivity contribution in [1.29, 1.82) is 0 Å². The topological polar surface area (TPSA) is 76.0 Å². The average molecular weight is 400 g/mol. The van der Waals surface area contributed by atoms with E-state index in [1.165, 1.54) is 33.0 Å². The Morgan fingerprint density at radius 3 is 1.90 bits per heavy atom. The molecule has 5 rings (SSSR count). The fraction of sp³-hybridized carbons (Fsp3) is 0.292. The van der Waals surface area contributed by atoms with Crippen LogP contribution in [0.2, 0.25) is 0 Å². The fourth-order valence-corrected chi connectivity index (χ4v) is 4.48. The molecular formula is C24H24N4O2. The van der Waals surface area contributed by atoms with Gasteiger partial charge in [-0.3, -0.25) is 14.3 Å². The van der Waals surface area contributed by atoms with Gasteiger partial charge in [-0.05, 0) is 85.0 Å². The number of rotatable bonds is 4. The van der Waals surface area contributed by atoms with E-state index in [9.17, 15) is 9.59 Å². The highest BCUT2D eigenvalue weighted by Gasteiger charge is 2.19. The van der Waals surface area contributed by atoms with Gasteiger partial charge in [0.15, 0.2) is 5.69 Å². The quantitative estimate of drug-likeness (QED) is 0.697.